The Morgan fingerprint density at radius 1 is 0.857 bits per heavy atom. The minimum atomic E-state index is -0.398. The van der Waals surface area contributed by atoms with Crippen molar-refractivity contribution in [3.8, 4) is 11.5 Å². The summed E-state index contributed by atoms with van der Waals surface area (Å²) in [7, 11) is 5.65. The van der Waals surface area contributed by atoms with Crippen molar-refractivity contribution >= 4 is 11.8 Å². The van der Waals surface area contributed by atoms with Gasteiger partial charge < -0.3 is 25.0 Å². The van der Waals surface area contributed by atoms with Crippen LogP contribution in [-0.2, 0) is 13.1 Å². The third-order valence-corrected chi connectivity index (χ3v) is 5.11. The fourth-order valence-electron chi connectivity index (χ4n) is 3.21. The van der Waals surface area contributed by atoms with Gasteiger partial charge in [0, 0.05) is 25.7 Å². The molecule has 9 nitrogen and oxygen atoms in total. The molecule has 1 aromatic heterocycles. The molecule has 2 N–H and O–H groups in total. The summed E-state index contributed by atoms with van der Waals surface area (Å²) in [6.07, 6.45) is 2.16. The number of rotatable bonds is 12. The summed E-state index contributed by atoms with van der Waals surface area (Å²) in [5.41, 5.74) is 2.04. The molecule has 35 heavy (non-hydrogen) atoms. The van der Waals surface area contributed by atoms with Crippen LogP contribution in [0.4, 0.5) is 0 Å². The van der Waals surface area contributed by atoms with E-state index in [-0.39, 0.29) is 11.4 Å². The summed E-state index contributed by atoms with van der Waals surface area (Å²) >= 11 is 0. The third-order valence-electron chi connectivity index (χ3n) is 5.11. The van der Waals surface area contributed by atoms with Crippen molar-refractivity contribution in [1.82, 2.24) is 25.5 Å². The molecule has 2 amide bonds. The lowest BCUT2D eigenvalue weighted by molar-refractivity contribution is 0.0944. The van der Waals surface area contributed by atoms with Crippen molar-refractivity contribution in [3.63, 3.8) is 0 Å². The topological polar surface area (TPSA) is 106 Å². The Morgan fingerprint density at radius 3 is 2.14 bits per heavy atom. The highest BCUT2D eigenvalue weighted by molar-refractivity contribution is 5.97. The van der Waals surface area contributed by atoms with Gasteiger partial charge in [-0.2, -0.15) is 0 Å². The number of aromatic nitrogens is 2. The zero-order valence-electron chi connectivity index (χ0n) is 20.3. The first-order chi connectivity index (χ1) is 16.9. The van der Waals surface area contributed by atoms with Gasteiger partial charge in [-0.15, -0.1) is 0 Å². The fourth-order valence-corrected chi connectivity index (χ4v) is 3.21. The van der Waals surface area contributed by atoms with E-state index in [2.05, 4.69) is 25.5 Å². The van der Waals surface area contributed by atoms with E-state index in [1.807, 2.05) is 62.6 Å². The minimum absolute atomic E-state index is 0.115. The van der Waals surface area contributed by atoms with Gasteiger partial charge in [-0.3, -0.25) is 9.59 Å². The monoisotopic (exact) mass is 477 g/mol. The molecule has 184 valence electrons. The first-order valence-corrected chi connectivity index (χ1v) is 11.3. The van der Waals surface area contributed by atoms with Gasteiger partial charge in [0.15, 0.2) is 0 Å². The standard InChI is InChI=1S/C26H31N5O4/c1-31(2)12-5-13-35-21-10-8-19(9-11-21)16-27-25(32)23-15-24(30-18-29-23)26(33)28-17-20-6-4-7-22(14-20)34-3/h4,6-11,14-15,18H,5,12-13,16-17H2,1-3H3,(H,27,32)(H,28,33). The molecule has 0 aliphatic rings. The molecule has 0 saturated heterocycles. The van der Waals surface area contributed by atoms with E-state index in [0.29, 0.717) is 25.4 Å². The highest BCUT2D eigenvalue weighted by atomic mass is 16.5. The van der Waals surface area contributed by atoms with Crippen LogP contribution in [0.5, 0.6) is 11.5 Å². The van der Waals surface area contributed by atoms with Crippen molar-refractivity contribution in [2.75, 3.05) is 34.4 Å². The smallest absolute Gasteiger partial charge is 0.270 e. The highest BCUT2D eigenvalue weighted by Crippen LogP contribution is 2.13. The van der Waals surface area contributed by atoms with Crippen molar-refractivity contribution in [2.24, 2.45) is 0 Å². The van der Waals surface area contributed by atoms with Gasteiger partial charge in [-0.25, -0.2) is 9.97 Å². The van der Waals surface area contributed by atoms with Crippen molar-refractivity contribution < 1.29 is 19.1 Å². The molecule has 1 heterocycles. The molecule has 0 spiro atoms. The molecule has 0 atom stereocenters. The van der Waals surface area contributed by atoms with Crippen LogP contribution < -0.4 is 20.1 Å². The van der Waals surface area contributed by atoms with E-state index in [1.54, 1.807) is 7.11 Å². The second-order valence-electron chi connectivity index (χ2n) is 8.15. The van der Waals surface area contributed by atoms with Crippen molar-refractivity contribution in [1.29, 1.82) is 0 Å². The number of nitrogens with zero attached hydrogens (tertiary/aromatic N) is 3. The molecule has 0 bridgehead atoms. The summed E-state index contributed by atoms with van der Waals surface area (Å²) in [6, 6.07) is 16.3. The molecular weight excluding hydrogens is 446 g/mol. The Kier molecular flexibility index (Phi) is 9.56. The summed E-state index contributed by atoms with van der Waals surface area (Å²) < 4.78 is 10.9. The molecule has 2 aromatic carbocycles. The molecule has 0 aliphatic carbocycles. The lowest BCUT2D eigenvalue weighted by atomic mass is 10.2. The van der Waals surface area contributed by atoms with Gasteiger partial charge in [-0.05, 0) is 55.9 Å². The second-order valence-corrected chi connectivity index (χ2v) is 8.15. The first-order valence-electron chi connectivity index (χ1n) is 11.3. The number of carbonyl (C=O) groups excluding carboxylic acids is 2. The predicted molar refractivity (Wildman–Crippen MR) is 132 cm³/mol. The average molecular weight is 478 g/mol. The number of benzene rings is 2. The number of hydrogen-bond donors (Lipinski definition) is 2. The predicted octanol–water partition coefficient (Wildman–Crippen LogP) is 2.68. The summed E-state index contributed by atoms with van der Waals surface area (Å²) in [4.78, 5) is 35.2. The Labute approximate surface area is 205 Å². The van der Waals surface area contributed by atoms with Crippen molar-refractivity contribution in [2.45, 2.75) is 19.5 Å². The van der Waals surface area contributed by atoms with Crippen LogP contribution in [0.15, 0.2) is 60.9 Å². The first kappa shape index (κ1) is 25.6. The van der Waals surface area contributed by atoms with E-state index in [1.165, 1.54) is 12.4 Å². The maximum Gasteiger partial charge on any atom is 0.270 e. The van der Waals surface area contributed by atoms with Crippen LogP contribution in [0, 0.1) is 0 Å². The summed E-state index contributed by atoms with van der Waals surface area (Å²) in [5, 5.41) is 5.60. The molecule has 0 saturated carbocycles. The molecule has 0 aliphatic heterocycles. The van der Waals surface area contributed by atoms with Crippen LogP contribution in [0.3, 0.4) is 0 Å². The van der Waals surface area contributed by atoms with Crippen LogP contribution in [0.25, 0.3) is 0 Å². The molecule has 3 aromatic rings. The van der Waals surface area contributed by atoms with Crippen molar-refractivity contribution in [3.05, 3.63) is 83.4 Å². The van der Waals surface area contributed by atoms with Crippen LogP contribution in [-0.4, -0.2) is 61.0 Å². The van der Waals surface area contributed by atoms with Crippen LogP contribution in [0.1, 0.15) is 38.5 Å². The number of carbonyl (C=O) groups is 2. The Balaban J connectivity index is 1.48. The fraction of sp³-hybridized carbons (Fsp3) is 0.308. The SMILES string of the molecule is COc1cccc(CNC(=O)c2cc(C(=O)NCc3ccc(OCCCN(C)C)cc3)ncn2)c1. The lowest BCUT2D eigenvalue weighted by Crippen LogP contribution is -2.27. The summed E-state index contributed by atoms with van der Waals surface area (Å²) in [5.74, 6) is 0.711. The number of methoxy groups -OCH3 is 1. The molecule has 0 fully saturated rings. The molecule has 0 unspecified atom stereocenters. The minimum Gasteiger partial charge on any atom is -0.497 e. The maximum atomic E-state index is 12.6. The van der Waals surface area contributed by atoms with Gasteiger partial charge in [0.2, 0.25) is 0 Å². The van der Waals surface area contributed by atoms with E-state index in [4.69, 9.17) is 9.47 Å². The lowest BCUT2D eigenvalue weighted by Gasteiger charge is -2.11. The van der Waals surface area contributed by atoms with Gasteiger partial charge in [0.05, 0.1) is 13.7 Å². The quantitative estimate of drug-likeness (QED) is 0.386. The molecule has 9 heteroatoms. The van der Waals surface area contributed by atoms with E-state index < -0.39 is 11.8 Å². The van der Waals surface area contributed by atoms with E-state index in [0.717, 1.165) is 29.8 Å². The number of hydrogen-bond acceptors (Lipinski definition) is 7. The zero-order chi connectivity index (χ0) is 25.0. The van der Waals surface area contributed by atoms with Crippen LogP contribution in [0.2, 0.25) is 0 Å². The van der Waals surface area contributed by atoms with Crippen LogP contribution >= 0.6 is 0 Å². The number of amides is 2. The largest absolute Gasteiger partial charge is 0.497 e. The third kappa shape index (κ3) is 8.38. The molecule has 3 rings (SSSR count). The highest BCUT2D eigenvalue weighted by Gasteiger charge is 2.13. The van der Waals surface area contributed by atoms with Gasteiger partial charge in [0.1, 0.15) is 29.2 Å². The Bertz CT molecular complexity index is 1120. The molecule has 0 radical (unpaired) electrons. The zero-order valence-corrected chi connectivity index (χ0v) is 20.3. The summed E-state index contributed by atoms with van der Waals surface area (Å²) in [6.45, 7) is 2.24. The van der Waals surface area contributed by atoms with Gasteiger partial charge in [0.25, 0.3) is 11.8 Å². The molecular formula is C26H31N5O4. The Morgan fingerprint density at radius 2 is 1.51 bits per heavy atom. The average Bonchev–Trinajstić information content (AvgIpc) is 2.89. The maximum absolute atomic E-state index is 12.6. The van der Waals surface area contributed by atoms with Gasteiger partial charge in [-0.1, -0.05) is 24.3 Å². The number of nitrogens with one attached hydrogen (secondary N) is 2. The van der Waals surface area contributed by atoms with Gasteiger partial charge >= 0.3 is 0 Å². The Hall–Kier alpha value is -3.98. The van der Waals surface area contributed by atoms with E-state index in [9.17, 15) is 9.59 Å². The van der Waals surface area contributed by atoms with E-state index >= 15 is 0 Å². The second kappa shape index (κ2) is 13.0. The normalized spacial score (nSPS) is 10.6. The number of ether oxygens (including phenoxy) is 2.